The van der Waals surface area contributed by atoms with E-state index in [1.807, 2.05) is 24.0 Å². The maximum atomic E-state index is 12.5. The van der Waals surface area contributed by atoms with Crippen LogP contribution in [0.3, 0.4) is 0 Å². The van der Waals surface area contributed by atoms with Gasteiger partial charge in [-0.25, -0.2) is 4.68 Å². The first-order chi connectivity index (χ1) is 9.77. The topological polar surface area (TPSA) is 63.1 Å². The van der Waals surface area contributed by atoms with E-state index in [1.165, 1.54) is 0 Å². The number of hydrogen-bond acceptors (Lipinski definition) is 4. The van der Waals surface area contributed by atoms with E-state index in [4.69, 9.17) is 0 Å². The summed E-state index contributed by atoms with van der Waals surface area (Å²) in [6.45, 7) is 5.12. The minimum atomic E-state index is 0.0595. The molecule has 3 rings (SSSR count). The SMILES string of the molecule is Cc1c(C(=O)N2CCNCC2)cnn1-c1ccncc1. The molecule has 1 saturated heterocycles. The molecule has 1 amide bonds. The van der Waals surface area contributed by atoms with Crippen LogP contribution in [-0.2, 0) is 0 Å². The molecule has 2 aromatic rings. The van der Waals surface area contributed by atoms with E-state index in [2.05, 4.69) is 15.4 Å². The molecule has 0 unspecified atom stereocenters. The van der Waals surface area contributed by atoms with Gasteiger partial charge in [-0.3, -0.25) is 9.78 Å². The summed E-state index contributed by atoms with van der Waals surface area (Å²) in [7, 11) is 0. The van der Waals surface area contributed by atoms with E-state index < -0.39 is 0 Å². The number of carbonyl (C=O) groups excluding carboxylic acids is 1. The molecule has 0 bridgehead atoms. The second-order valence-corrected chi connectivity index (χ2v) is 4.80. The van der Waals surface area contributed by atoms with Gasteiger partial charge in [-0.1, -0.05) is 0 Å². The Kier molecular flexibility index (Phi) is 3.47. The van der Waals surface area contributed by atoms with Crippen molar-refractivity contribution in [2.24, 2.45) is 0 Å². The third kappa shape index (κ3) is 2.30. The molecule has 3 heterocycles. The molecule has 20 heavy (non-hydrogen) atoms. The molecule has 1 fully saturated rings. The Morgan fingerprint density at radius 3 is 2.65 bits per heavy atom. The lowest BCUT2D eigenvalue weighted by Gasteiger charge is -2.27. The van der Waals surface area contributed by atoms with Gasteiger partial charge in [0.25, 0.3) is 5.91 Å². The lowest BCUT2D eigenvalue weighted by atomic mass is 10.2. The van der Waals surface area contributed by atoms with Gasteiger partial charge in [0.2, 0.25) is 0 Å². The monoisotopic (exact) mass is 271 g/mol. The summed E-state index contributed by atoms with van der Waals surface area (Å²) in [5.74, 6) is 0.0595. The molecule has 6 heteroatoms. The van der Waals surface area contributed by atoms with Crippen molar-refractivity contribution in [1.29, 1.82) is 0 Å². The van der Waals surface area contributed by atoms with Gasteiger partial charge in [0, 0.05) is 38.6 Å². The number of nitrogens with one attached hydrogen (secondary N) is 1. The number of carbonyl (C=O) groups is 1. The summed E-state index contributed by atoms with van der Waals surface area (Å²) in [6.07, 6.45) is 5.09. The highest BCUT2D eigenvalue weighted by Gasteiger charge is 2.22. The first-order valence-corrected chi connectivity index (χ1v) is 6.72. The van der Waals surface area contributed by atoms with Crippen LogP contribution in [-0.4, -0.2) is 51.8 Å². The van der Waals surface area contributed by atoms with E-state index >= 15 is 0 Å². The number of aromatic nitrogens is 3. The molecule has 104 valence electrons. The third-order valence-corrected chi connectivity index (χ3v) is 3.55. The van der Waals surface area contributed by atoms with E-state index in [1.54, 1.807) is 23.3 Å². The Morgan fingerprint density at radius 2 is 1.95 bits per heavy atom. The number of hydrogen-bond donors (Lipinski definition) is 1. The van der Waals surface area contributed by atoms with Gasteiger partial charge in [0.1, 0.15) is 0 Å². The third-order valence-electron chi connectivity index (χ3n) is 3.55. The summed E-state index contributed by atoms with van der Waals surface area (Å²) in [6, 6.07) is 3.75. The number of piperazine rings is 1. The second-order valence-electron chi connectivity index (χ2n) is 4.80. The Morgan fingerprint density at radius 1 is 1.25 bits per heavy atom. The fourth-order valence-electron chi connectivity index (χ4n) is 2.40. The minimum Gasteiger partial charge on any atom is -0.336 e. The Bertz CT molecular complexity index is 601. The molecule has 1 aliphatic rings. The van der Waals surface area contributed by atoms with Crippen molar-refractivity contribution >= 4 is 5.91 Å². The quantitative estimate of drug-likeness (QED) is 0.870. The molecule has 0 aromatic carbocycles. The van der Waals surface area contributed by atoms with E-state index in [0.717, 1.165) is 37.6 Å². The smallest absolute Gasteiger partial charge is 0.257 e. The molecule has 0 atom stereocenters. The molecule has 2 aromatic heterocycles. The van der Waals surface area contributed by atoms with Crippen LogP contribution >= 0.6 is 0 Å². The zero-order valence-corrected chi connectivity index (χ0v) is 11.4. The number of pyridine rings is 1. The van der Waals surface area contributed by atoms with Crippen molar-refractivity contribution < 1.29 is 4.79 Å². The van der Waals surface area contributed by atoms with Crippen molar-refractivity contribution in [3.05, 3.63) is 42.0 Å². The first-order valence-electron chi connectivity index (χ1n) is 6.72. The molecule has 0 radical (unpaired) electrons. The minimum absolute atomic E-state index is 0.0595. The summed E-state index contributed by atoms with van der Waals surface area (Å²) >= 11 is 0. The first kappa shape index (κ1) is 12.8. The second kappa shape index (κ2) is 5.42. The lowest BCUT2D eigenvalue weighted by Crippen LogP contribution is -2.46. The van der Waals surface area contributed by atoms with Crippen LogP contribution in [0, 0.1) is 6.92 Å². The fraction of sp³-hybridized carbons (Fsp3) is 0.357. The maximum absolute atomic E-state index is 12.5. The highest BCUT2D eigenvalue weighted by atomic mass is 16.2. The predicted octanol–water partition coefficient (Wildman–Crippen LogP) is 0.621. The maximum Gasteiger partial charge on any atom is 0.257 e. The number of rotatable bonds is 2. The summed E-state index contributed by atoms with van der Waals surface area (Å²) in [5, 5.41) is 7.57. The van der Waals surface area contributed by atoms with Crippen LogP contribution in [0.4, 0.5) is 0 Å². The number of amides is 1. The van der Waals surface area contributed by atoms with Crippen LogP contribution in [0.2, 0.25) is 0 Å². The van der Waals surface area contributed by atoms with Gasteiger partial charge in [-0.15, -0.1) is 0 Å². The van der Waals surface area contributed by atoms with Gasteiger partial charge < -0.3 is 10.2 Å². The van der Waals surface area contributed by atoms with Gasteiger partial charge in [0.05, 0.1) is 23.1 Å². The Balaban J connectivity index is 1.88. The van der Waals surface area contributed by atoms with Crippen molar-refractivity contribution in [2.45, 2.75) is 6.92 Å². The zero-order chi connectivity index (χ0) is 13.9. The highest BCUT2D eigenvalue weighted by Crippen LogP contribution is 2.15. The molecule has 1 N–H and O–H groups in total. The summed E-state index contributed by atoms with van der Waals surface area (Å²) in [5.41, 5.74) is 2.44. The lowest BCUT2D eigenvalue weighted by molar-refractivity contribution is 0.0735. The molecule has 1 aliphatic heterocycles. The van der Waals surface area contributed by atoms with E-state index in [0.29, 0.717) is 5.56 Å². The average Bonchev–Trinajstić information content (AvgIpc) is 2.90. The fourth-order valence-corrected chi connectivity index (χ4v) is 2.40. The molecule has 0 aliphatic carbocycles. The highest BCUT2D eigenvalue weighted by molar-refractivity contribution is 5.95. The van der Waals surface area contributed by atoms with Gasteiger partial charge >= 0.3 is 0 Å². The average molecular weight is 271 g/mol. The van der Waals surface area contributed by atoms with Crippen molar-refractivity contribution in [2.75, 3.05) is 26.2 Å². The van der Waals surface area contributed by atoms with Gasteiger partial charge in [-0.2, -0.15) is 5.10 Å². The summed E-state index contributed by atoms with van der Waals surface area (Å²) < 4.78 is 1.77. The van der Waals surface area contributed by atoms with Crippen molar-refractivity contribution in [3.63, 3.8) is 0 Å². The number of nitrogens with zero attached hydrogens (tertiary/aromatic N) is 4. The van der Waals surface area contributed by atoms with Crippen LogP contribution in [0.5, 0.6) is 0 Å². The normalized spacial score (nSPS) is 15.3. The van der Waals surface area contributed by atoms with E-state index in [9.17, 15) is 4.79 Å². The largest absolute Gasteiger partial charge is 0.336 e. The van der Waals surface area contributed by atoms with Crippen LogP contribution in [0.1, 0.15) is 16.1 Å². The zero-order valence-electron chi connectivity index (χ0n) is 11.4. The predicted molar refractivity (Wildman–Crippen MR) is 74.9 cm³/mol. The van der Waals surface area contributed by atoms with Crippen molar-refractivity contribution in [3.8, 4) is 5.69 Å². The van der Waals surface area contributed by atoms with Crippen LogP contribution in [0.15, 0.2) is 30.7 Å². The summed E-state index contributed by atoms with van der Waals surface area (Å²) in [4.78, 5) is 18.4. The van der Waals surface area contributed by atoms with Crippen LogP contribution in [0.25, 0.3) is 5.69 Å². The van der Waals surface area contributed by atoms with Gasteiger partial charge in [-0.05, 0) is 19.1 Å². The van der Waals surface area contributed by atoms with Crippen LogP contribution < -0.4 is 5.32 Å². The Hall–Kier alpha value is -2.21. The molecule has 0 spiro atoms. The Labute approximate surface area is 117 Å². The van der Waals surface area contributed by atoms with Crippen molar-refractivity contribution in [1.82, 2.24) is 25.0 Å². The molecule has 0 saturated carbocycles. The molecular formula is C14H17N5O. The molecular weight excluding hydrogens is 254 g/mol. The van der Waals surface area contributed by atoms with E-state index in [-0.39, 0.29) is 5.91 Å². The molecule has 6 nitrogen and oxygen atoms in total. The van der Waals surface area contributed by atoms with Gasteiger partial charge in [0.15, 0.2) is 0 Å². The standard InChI is InChI=1S/C14H17N5O/c1-11-13(14(20)18-8-6-16-7-9-18)10-17-19(11)12-2-4-15-5-3-12/h2-5,10,16H,6-9H2,1H3.